The van der Waals surface area contributed by atoms with Crippen molar-refractivity contribution in [2.75, 3.05) is 6.61 Å². The number of carbonyl (C=O) groups is 1. The topological polar surface area (TPSA) is 61.6 Å². The van der Waals surface area contributed by atoms with Gasteiger partial charge in [0.05, 0.1) is 6.61 Å². The van der Waals surface area contributed by atoms with Gasteiger partial charge in [0.2, 0.25) is 0 Å². The van der Waals surface area contributed by atoms with Crippen LogP contribution in [0.5, 0.6) is 11.8 Å². The molecular weight excluding hydrogens is 258 g/mol. The van der Waals surface area contributed by atoms with Gasteiger partial charge in [-0.3, -0.25) is 0 Å². The SMILES string of the molecule is CCOC(=O)c1coc(Oc2ccccc2C(C)C)n1. The number of para-hydroxylation sites is 1. The number of nitrogens with zero attached hydrogens (tertiary/aromatic N) is 1. The Bertz CT molecular complexity index is 589. The third-order valence-corrected chi connectivity index (χ3v) is 2.71. The second kappa shape index (κ2) is 6.23. The summed E-state index contributed by atoms with van der Waals surface area (Å²) in [6.07, 6.45) is 1.26. The van der Waals surface area contributed by atoms with Crippen LogP contribution in [0.15, 0.2) is 34.9 Å². The first-order chi connectivity index (χ1) is 9.61. The number of carbonyl (C=O) groups excluding carboxylic acids is 1. The Balaban J connectivity index is 2.17. The summed E-state index contributed by atoms with van der Waals surface area (Å²) in [6, 6.07) is 7.64. The van der Waals surface area contributed by atoms with Gasteiger partial charge in [0.1, 0.15) is 12.0 Å². The van der Waals surface area contributed by atoms with Gasteiger partial charge in [-0.25, -0.2) is 4.79 Å². The molecule has 1 aromatic carbocycles. The van der Waals surface area contributed by atoms with E-state index in [4.69, 9.17) is 13.9 Å². The average Bonchev–Trinajstić information content (AvgIpc) is 2.88. The molecule has 0 atom stereocenters. The van der Waals surface area contributed by atoms with E-state index in [1.165, 1.54) is 6.26 Å². The summed E-state index contributed by atoms with van der Waals surface area (Å²) in [7, 11) is 0. The third kappa shape index (κ3) is 3.17. The van der Waals surface area contributed by atoms with Crippen molar-refractivity contribution in [3.05, 3.63) is 41.8 Å². The highest BCUT2D eigenvalue weighted by Crippen LogP contribution is 2.29. The molecule has 0 aliphatic carbocycles. The van der Waals surface area contributed by atoms with Crippen molar-refractivity contribution >= 4 is 5.97 Å². The molecule has 5 nitrogen and oxygen atoms in total. The molecule has 2 aromatic rings. The monoisotopic (exact) mass is 275 g/mol. The van der Waals surface area contributed by atoms with Crippen molar-refractivity contribution in [3.63, 3.8) is 0 Å². The molecule has 1 heterocycles. The predicted molar refractivity (Wildman–Crippen MR) is 73.1 cm³/mol. The Hall–Kier alpha value is -2.30. The van der Waals surface area contributed by atoms with Gasteiger partial charge in [0.15, 0.2) is 5.69 Å². The molecule has 20 heavy (non-hydrogen) atoms. The number of benzene rings is 1. The second-order valence-electron chi connectivity index (χ2n) is 4.51. The van der Waals surface area contributed by atoms with Gasteiger partial charge >= 0.3 is 12.0 Å². The number of aromatic nitrogens is 1. The van der Waals surface area contributed by atoms with Crippen LogP contribution in [0.2, 0.25) is 0 Å². The van der Waals surface area contributed by atoms with E-state index >= 15 is 0 Å². The van der Waals surface area contributed by atoms with E-state index in [0.717, 1.165) is 5.56 Å². The molecule has 0 spiro atoms. The van der Waals surface area contributed by atoms with Crippen molar-refractivity contribution in [3.8, 4) is 11.8 Å². The zero-order chi connectivity index (χ0) is 14.5. The fraction of sp³-hybridized carbons (Fsp3) is 0.333. The molecule has 0 saturated heterocycles. The lowest BCUT2D eigenvalue weighted by Crippen LogP contribution is -2.04. The zero-order valence-electron chi connectivity index (χ0n) is 11.8. The molecule has 0 radical (unpaired) electrons. The fourth-order valence-corrected chi connectivity index (χ4v) is 1.75. The summed E-state index contributed by atoms with van der Waals surface area (Å²) in [5.74, 6) is 0.452. The van der Waals surface area contributed by atoms with E-state index in [1.54, 1.807) is 6.92 Å². The van der Waals surface area contributed by atoms with Crippen LogP contribution < -0.4 is 4.74 Å². The maximum Gasteiger partial charge on any atom is 0.399 e. The Kier molecular flexibility index (Phi) is 4.40. The lowest BCUT2D eigenvalue weighted by molar-refractivity contribution is 0.0519. The summed E-state index contributed by atoms with van der Waals surface area (Å²) in [5, 5.41) is 0. The van der Waals surface area contributed by atoms with Crippen LogP contribution in [0.4, 0.5) is 0 Å². The van der Waals surface area contributed by atoms with Crippen molar-refractivity contribution in [1.82, 2.24) is 4.98 Å². The largest absolute Gasteiger partial charge is 0.461 e. The van der Waals surface area contributed by atoms with E-state index in [1.807, 2.05) is 24.3 Å². The minimum Gasteiger partial charge on any atom is -0.461 e. The quantitative estimate of drug-likeness (QED) is 0.777. The van der Waals surface area contributed by atoms with Gasteiger partial charge in [-0.15, -0.1) is 0 Å². The molecule has 0 aliphatic rings. The van der Waals surface area contributed by atoms with Gasteiger partial charge < -0.3 is 13.9 Å². The molecule has 0 amide bonds. The zero-order valence-corrected chi connectivity index (χ0v) is 11.8. The third-order valence-electron chi connectivity index (χ3n) is 2.71. The average molecular weight is 275 g/mol. The van der Waals surface area contributed by atoms with Gasteiger partial charge in [0.25, 0.3) is 0 Å². The Morgan fingerprint density at radius 1 is 1.35 bits per heavy atom. The summed E-state index contributed by atoms with van der Waals surface area (Å²) >= 11 is 0. The molecule has 106 valence electrons. The summed E-state index contributed by atoms with van der Waals surface area (Å²) < 4.78 is 15.6. The first-order valence-corrected chi connectivity index (χ1v) is 6.51. The number of hydrogen-bond donors (Lipinski definition) is 0. The number of esters is 1. The molecule has 5 heteroatoms. The first-order valence-electron chi connectivity index (χ1n) is 6.51. The number of hydrogen-bond acceptors (Lipinski definition) is 5. The summed E-state index contributed by atoms with van der Waals surface area (Å²) in [4.78, 5) is 15.4. The fourth-order valence-electron chi connectivity index (χ4n) is 1.75. The van der Waals surface area contributed by atoms with Crippen molar-refractivity contribution in [2.24, 2.45) is 0 Å². The van der Waals surface area contributed by atoms with Gasteiger partial charge in [-0.2, -0.15) is 4.98 Å². The summed E-state index contributed by atoms with van der Waals surface area (Å²) in [6.45, 7) is 6.16. The number of rotatable bonds is 5. The van der Waals surface area contributed by atoms with E-state index in [0.29, 0.717) is 11.7 Å². The first kappa shape index (κ1) is 14.1. The van der Waals surface area contributed by atoms with Crippen LogP contribution in [0.3, 0.4) is 0 Å². The van der Waals surface area contributed by atoms with Crippen LogP contribution >= 0.6 is 0 Å². The van der Waals surface area contributed by atoms with Crippen molar-refractivity contribution in [2.45, 2.75) is 26.7 Å². The van der Waals surface area contributed by atoms with Gasteiger partial charge in [0, 0.05) is 0 Å². The molecule has 0 saturated carbocycles. The highest BCUT2D eigenvalue weighted by Gasteiger charge is 2.16. The Labute approximate surface area is 117 Å². The molecule has 1 aromatic heterocycles. The second-order valence-corrected chi connectivity index (χ2v) is 4.51. The normalized spacial score (nSPS) is 10.6. The number of oxazole rings is 1. The molecule has 2 rings (SSSR count). The van der Waals surface area contributed by atoms with E-state index in [-0.39, 0.29) is 18.4 Å². The minimum absolute atomic E-state index is 0.0288. The molecule has 0 bridgehead atoms. The molecular formula is C15H17NO4. The van der Waals surface area contributed by atoms with Crippen molar-refractivity contribution in [1.29, 1.82) is 0 Å². The smallest absolute Gasteiger partial charge is 0.399 e. The Morgan fingerprint density at radius 3 is 2.80 bits per heavy atom. The molecule has 0 unspecified atom stereocenters. The maximum atomic E-state index is 11.5. The van der Waals surface area contributed by atoms with Crippen LogP contribution in [0, 0.1) is 0 Å². The van der Waals surface area contributed by atoms with E-state index in [2.05, 4.69) is 18.8 Å². The number of ether oxygens (including phenoxy) is 2. The van der Waals surface area contributed by atoms with Crippen LogP contribution in [0.25, 0.3) is 0 Å². The van der Waals surface area contributed by atoms with Gasteiger partial charge in [-0.1, -0.05) is 32.0 Å². The van der Waals surface area contributed by atoms with Crippen LogP contribution in [0.1, 0.15) is 42.7 Å². The van der Waals surface area contributed by atoms with Crippen LogP contribution in [-0.4, -0.2) is 17.6 Å². The van der Waals surface area contributed by atoms with E-state index in [9.17, 15) is 4.79 Å². The molecule has 0 N–H and O–H groups in total. The van der Waals surface area contributed by atoms with Gasteiger partial charge in [-0.05, 0) is 24.5 Å². The summed E-state index contributed by atoms with van der Waals surface area (Å²) in [5.41, 5.74) is 1.15. The Morgan fingerprint density at radius 2 is 2.10 bits per heavy atom. The molecule has 0 aliphatic heterocycles. The lowest BCUT2D eigenvalue weighted by atomic mass is 10.0. The maximum absolute atomic E-state index is 11.5. The van der Waals surface area contributed by atoms with Crippen molar-refractivity contribution < 1.29 is 18.7 Å². The highest BCUT2D eigenvalue weighted by atomic mass is 16.6. The molecule has 0 fully saturated rings. The van der Waals surface area contributed by atoms with Crippen LogP contribution in [-0.2, 0) is 4.74 Å². The standard InChI is InChI=1S/C15H17NO4/c1-4-18-14(17)12-9-19-15(16-12)20-13-8-6-5-7-11(13)10(2)3/h5-10H,4H2,1-3H3. The lowest BCUT2D eigenvalue weighted by Gasteiger charge is -2.10. The van der Waals surface area contributed by atoms with E-state index < -0.39 is 5.97 Å². The predicted octanol–water partition coefficient (Wildman–Crippen LogP) is 3.77. The minimum atomic E-state index is -0.525. The highest BCUT2D eigenvalue weighted by molar-refractivity contribution is 5.86.